The van der Waals surface area contributed by atoms with E-state index in [-0.39, 0.29) is 11.9 Å². The summed E-state index contributed by atoms with van der Waals surface area (Å²) in [6, 6.07) is 18.6. The molecule has 5 heteroatoms. The van der Waals surface area contributed by atoms with Crippen LogP contribution in [0.1, 0.15) is 51.3 Å². The van der Waals surface area contributed by atoms with E-state index < -0.39 is 0 Å². The SMILES string of the molecule is CCn1c(C)c(C(c2ccc(N(C)C)cc2C)c2ncccc2C(=O)OC)c2ccccc21. The van der Waals surface area contributed by atoms with Crippen LogP contribution in [0.25, 0.3) is 10.9 Å². The number of para-hydroxylation sites is 1. The second-order valence-corrected chi connectivity index (χ2v) is 8.56. The number of aromatic nitrogens is 2. The topological polar surface area (TPSA) is 47.4 Å². The normalized spacial score (nSPS) is 12.1. The van der Waals surface area contributed by atoms with E-state index in [1.165, 1.54) is 29.3 Å². The molecular weight excluding hydrogens is 410 g/mol. The van der Waals surface area contributed by atoms with Gasteiger partial charge in [-0.2, -0.15) is 0 Å². The largest absolute Gasteiger partial charge is 0.465 e. The Bertz CT molecular complexity index is 1320. The van der Waals surface area contributed by atoms with E-state index in [4.69, 9.17) is 9.72 Å². The Labute approximate surface area is 195 Å². The summed E-state index contributed by atoms with van der Waals surface area (Å²) in [7, 11) is 5.50. The minimum absolute atomic E-state index is 0.214. The van der Waals surface area contributed by atoms with E-state index in [2.05, 4.69) is 72.7 Å². The molecule has 1 unspecified atom stereocenters. The van der Waals surface area contributed by atoms with E-state index in [1.807, 2.05) is 14.1 Å². The lowest BCUT2D eigenvalue weighted by Crippen LogP contribution is -2.16. The minimum atomic E-state index is -0.373. The fourth-order valence-corrected chi connectivity index (χ4v) is 4.86. The van der Waals surface area contributed by atoms with Gasteiger partial charge in [0.25, 0.3) is 0 Å². The highest BCUT2D eigenvalue weighted by molar-refractivity contribution is 5.92. The van der Waals surface area contributed by atoms with Crippen molar-refractivity contribution in [2.75, 3.05) is 26.1 Å². The molecule has 4 rings (SSSR count). The summed E-state index contributed by atoms with van der Waals surface area (Å²) in [6.45, 7) is 7.32. The number of anilines is 1. The van der Waals surface area contributed by atoms with Crippen molar-refractivity contribution in [1.29, 1.82) is 0 Å². The lowest BCUT2D eigenvalue weighted by Gasteiger charge is -2.24. The number of aryl methyl sites for hydroxylation is 2. The second-order valence-electron chi connectivity index (χ2n) is 8.56. The predicted octanol–water partition coefficient (Wildman–Crippen LogP) is 5.71. The van der Waals surface area contributed by atoms with Crippen molar-refractivity contribution in [2.45, 2.75) is 33.2 Å². The molecule has 4 aromatic rings. The molecule has 1 atom stereocenters. The zero-order valence-corrected chi connectivity index (χ0v) is 20.2. The minimum Gasteiger partial charge on any atom is -0.465 e. The lowest BCUT2D eigenvalue weighted by molar-refractivity contribution is 0.0598. The van der Waals surface area contributed by atoms with E-state index in [0.717, 1.165) is 23.4 Å². The number of carbonyl (C=O) groups excluding carboxylic acids is 1. The molecule has 0 aliphatic heterocycles. The molecule has 0 N–H and O–H groups in total. The quantitative estimate of drug-likeness (QED) is 0.360. The maximum atomic E-state index is 12.8. The smallest absolute Gasteiger partial charge is 0.339 e. The maximum absolute atomic E-state index is 12.8. The molecular formula is C28H31N3O2. The van der Waals surface area contributed by atoms with Gasteiger partial charge >= 0.3 is 5.97 Å². The second kappa shape index (κ2) is 9.10. The highest BCUT2D eigenvalue weighted by Crippen LogP contribution is 2.42. The molecule has 2 aromatic heterocycles. The van der Waals surface area contributed by atoms with Gasteiger partial charge in [0, 0.05) is 49.1 Å². The van der Waals surface area contributed by atoms with Crippen LogP contribution in [0.4, 0.5) is 5.69 Å². The van der Waals surface area contributed by atoms with Gasteiger partial charge in [-0.1, -0.05) is 24.3 Å². The monoisotopic (exact) mass is 441 g/mol. The third-order valence-electron chi connectivity index (χ3n) is 6.48. The average Bonchev–Trinajstić information content (AvgIpc) is 3.11. The first-order valence-electron chi connectivity index (χ1n) is 11.3. The summed E-state index contributed by atoms with van der Waals surface area (Å²) in [4.78, 5) is 19.6. The molecule has 0 aliphatic carbocycles. The molecule has 5 nitrogen and oxygen atoms in total. The number of nitrogens with zero attached hydrogens (tertiary/aromatic N) is 3. The molecule has 0 bridgehead atoms. The van der Waals surface area contributed by atoms with Crippen LogP contribution in [0.15, 0.2) is 60.8 Å². The molecule has 0 saturated carbocycles. The molecule has 2 aromatic carbocycles. The Kier molecular flexibility index (Phi) is 6.23. The maximum Gasteiger partial charge on any atom is 0.339 e. The Morgan fingerprint density at radius 2 is 1.85 bits per heavy atom. The summed E-state index contributed by atoms with van der Waals surface area (Å²) >= 11 is 0. The molecule has 0 saturated heterocycles. The van der Waals surface area contributed by atoms with Crippen molar-refractivity contribution in [2.24, 2.45) is 0 Å². The predicted molar refractivity (Wildman–Crippen MR) is 134 cm³/mol. The molecule has 170 valence electrons. The summed E-state index contributed by atoms with van der Waals surface area (Å²) in [6.07, 6.45) is 1.76. The van der Waals surface area contributed by atoms with Gasteiger partial charge in [0.15, 0.2) is 0 Å². The van der Waals surface area contributed by atoms with Crippen molar-refractivity contribution in [1.82, 2.24) is 9.55 Å². The summed E-state index contributed by atoms with van der Waals surface area (Å²) in [5, 5.41) is 1.18. The fraction of sp³-hybridized carbons (Fsp3) is 0.286. The number of methoxy groups -OCH3 is 1. The van der Waals surface area contributed by atoms with Crippen LogP contribution in [-0.4, -0.2) is 36.7 Å². The first-order chi connectivity index (χ1) is 15.9. The summed E-state index contributed by atoms with van der Waals surface area (Å²) in [5.41, 5.74) is 8.18. The van der Waals surface area contributed by atoms with Crippen LogP contribution in [0.2, 0.25) is 0 Å². The average molecular weight is 442 g/mol. The Morgan fingerprint density at radius 1 is 1.09 bits per heavy atom. The van der Waals surface area contributed by atoms with E-state index >= 15 is 0 Å². The van der Waals surface area contributed by atoms with Crippen LogP contribution in [0.5, 0.6) is 0 Å². The summed E-state index contributed by atoms with van der Waals surface area (Å²) in [5.74, 6) is -0.586. The third kappa shape index (κ3) is 3.88. The Hall–Kier alpha value is -3.60. The number of fused-ring (bicyclic) bond motifs is 1. The third-order valence-corrected chi connectivity index (χ3v) is 6.48. The van der Waals surface area contributed by atoms with Crippen molar-refractivity contribution >= 4 is 22.6 Å². The molecule has 0 fully saturated rings. The molecule has 0 aliphatic rings. The van der Waals surface area contributed by atoms with Crippen molar-refractivity contribution in [3.05, 3.63) is 94.4 Å². The number of pyridine rings is 1. The van der Waals surface area contributed by atoms with Crippen LogP contribution in [0.3, 0.4) is 0 Å². The van der Waals surface area contributed by atoms with Crippen LogP contribution < -0.4 is 4.90 Å². The first-order valence-corrected chi connectivity index (χ1v) is 11.3. The van der Waals surface area contributed by atoms with Gasteiger partial charge in [-0.3, -0.25) is 4.98 Å². The van der Waals surface area contributed by atoms with E-state index in [9.17, 15) is 4.79 Å². The fourth-order valence-electron chi connectivity index (χ4n) is 4.86. The molecule has 0 spiro atoms. The van der Waals surface area contributed by atoms with Crippen molar-refractivity contribution in [3.63, 3.8) is 0 Å². The van der Waals surface area contributed by atoms with Crippen LogP contribution >= 0.6 is 0 Å². The number of rotatable bonds is 6. The first kappa shape index (κ1) is 22.6. The van der Waals surface area contributed by atoms with Gasteiger partial charge < -0.3 is 14.2 Å². The lowest BCUT2D eigenvalue weighted by atomic mass is 9.82. The van der Waals surface area contributed by atoms with Gasteiger partial charge in [-0.25, -0.2) is 4.79 Å². The van der Waals surface area contributed by atoms with E-state index in [1.54, 1.807) is 18.3 Å². The van der Waals surface area contributed by atoms with Crippen molar-refractivity contribution in [3.8, 4) is 0 Å². The highest BCUT2D eigenvalue weighted by Gasteiger charge is 2.30. The summed E-state index contributed by atoms with van der Waals surface area (Å²) < 4.78 is 7.47. The number of esters is 1. The van der Waals surface area contributed by atoms with Gasteiger partial charge in [-0.15, -0.1) is 0 Å². The number of hydrogen-bond acceptors (Lipinski definition) is 4. The van der Waals surface area contributed by atoms with Gasteiger partial charge in [0.1, 0.15) is 0 Å². The highest BCUT2D eigenvalue weighted by atomic mass is 16.5. The van der Waals surface area contributed by atoms with Gasteiger partial charge in [0.05, 0.1) is 24.3 Å². The van der Waals surface area contributed by atoms with Gasteiger partial charge in [-0.05, 0) is 67.8 Å². The standard InChI is InChI=1S/C28H31N3O2/c1-7-31-19(3)25(22-11-8-9-13-24(22)31)26(21-15-14-20(30(4)5)17-18(21)2)27-23(28(32)33-6)12-10-16-29-27/h8-17,26H,7H2,1-6H3. The number of ether oxygens (including phenoxy) is 1. The molecule has 0 radical (unpaired) electrons. The molecule has 33 heavy (non-hydrogen) atoms. The zero-order valence-electron chi connectivity index (χ0n) is 20.2. The number of benzene rings is 2. The number of carbonyl (C=O) groups is 1. The van der Waals surface area contributed by atoms with E-state index in [0.29, 0.717) is 11.3 Å². The molecule has 0 amide bonds. The van der Waals surface area contributed by atoms with Crippen molar-refractivity contribution < 1.29 is 9.53 Å². The Morgan fingerprint density at radius 3 is 2.52 bits per heavy atom. The van der Waals surface area contributed by atoms with Crippen LogP contribution in [-0.2, 0) is 11.3 Å². The zero-order chi connectivity index (χ0) is 23.7. The number of hydrogen-bond donors (Lipinski definition) is 0. The Balaban J connectivity index is 2.09. The molecule has 2 heterocycles. The van der Waals surface area contributed by atoms with Gasteiger partial charge in [0.2, 0.25) is 0 Å². The van der Waals surface area contributed by atoms with Crippen LogP contribution in [0, 0.1) is 13.8 Å².